The Morgan fingerprint density at radius 2 is 1.95 bits per heavy atom. The molecule has 0 aliphatic rings. The van der Waals surface area contributed by atoms with Crippen LogP contribution in [-0.2, 0) is 4.74 Å². The van der Waals surface area contributed by atoms with Crippen LogP contribution in [0.1, 0.15) is 0 Å². The maximum atomic E-state index is 11.5. The van der Waals surface area contributed by atoms with E-state index in [4.69, 9.17) is 20.9 Å². The normalized spacial score (nSPS) is 10.2. The average molecular weight is 337 g/mol. The van der Waals surface area contributed by atoms with Gasteiger partial charge in [-0.2, -0.15) is 0 Å². The topological polar surface area (TPSA) is 100 Å². The molecule has 0 saturated carbocycles. The van der Waals surface area contributed by atoms with E-state index in [2.05, 4.69) is 4.98 Å². The molecular weight excluding hydrogens is 322 g/mol. The van der Waals surface area contributed by atoms with E-state index in [1.165, 1.54) is 21.6 Å². The molecule has 0 aliphatic heterocycles. The van der Waals surface area contributed by atoms with Crippen molar-refractivity contribution in [1.82, 2.24) is 4.98 Å². The van der Waals surface area contributed by atoms with Crippen LogP contribution in [0.5, 0.6) is 5.75 Å². The summed E-state index contributed by atoms with van der Waals surface area (Å²) in [6.07, 6.45) is 0.937. The third-order valence-corrected chi connectivity index (χ3v) is 4.68. The van der Waals surface area contributed by atoms with Crippen molar-refractivity contribution < 1.29 is 14.3 Å². The van der Waals surface area contributed by atoms with Gasteiger partial charge in [0.2, 0.25) is 0 Å². The maximum absolute atomic E-state index is 11.5. The molecule has 0 radical (unpaired) electrons. The SMILES string of the molecule is Nc1ccc(OC(=O)OCCSSc2ncccc2N)cc1. The van der Waals surface area contributed by atoms with Crippen molar-refractivity contribution >= 4 is 39.1 Å². The van der Waals surface area contributed by atoms with E-state index in [-0.39, 0.29) is 6.61 Å². The second kappa shape index (κ2) is 8.40. The van der Waals surface area contributed by atoms with E-state index in [9.17, 15) is 4.79 Å². The Bertz CT molecular complexity index is 623. The van der Waals surface area contributed by atoms with Crippen molar-refractivity contribution in [2.75, 3.05) is 23.8 Å². The van der Waals surface area contributed by atoms with Crippen molar-refractivity contribution in [3.05, 3.63) is 42.6 Å². The van der Waals surface area contributed by atoms with Crippen molar-refractivity contribution in [2.45, 2.75) is 5.03 Å². The average Bonchev–Trinajstić information content (AvgIpc) is 2.51. The molecule has 1 aromatic heterocycles. The van der Waals surface area contributed by atoms with Crippen LogP contribution < -0.4 is 16.2 Å². The highest BCUT2D eigenvalue weighted by Gasteiger charge is 2.06. The van der Waals surface area contributed by atoms with Gasteiger partial charge in [-0.15, -0.1) is 0 Å². The summed E-state index contributed by atoms with van der Waals surface area (Å²) >= 11 is 0. The minimum atomic E-state index is -0.743. The van der Waals surface area contributed by atoms with Crippen molar-refractivity contribution in [3.63, 3.8) is 0 Å². The van der Waals surface area contributed by atoms with Crippen LogP contribution in [0, 0.1) is 0 Å². The summed E-state index contributed by atoms with van der Waals surface area (Å²) in [4.78, 5) is 15.6. The molecule has 0 unspecified atom stereocenters. The summed E-state index contributed by atoms with van der Waals surface area (Å²) in [5.41, 5.74) is 12.5. The zero-order chi connectivity index (χ0) is 15.8. The van der Waals surface area contributed by atoms with Gasteiger partial charge in [0.25, 0.3) is 0 Å². The number of rotatable bonds is 6. The molecule has 0 saturated heterocycles. The van der Waals surface area contributed by atoms with Gasteiger partial charge in [-0.05, 0) is 47.2 Å². The van der Waals surface area contributed by atoms with Gasteiger partial charge in [0, 0.05) is 17.6 Å². The van der Waals surface area contributed by atoms with Gasteiger partial charge >= 0.3 is 6.16 Å². The van der Waals surface area contributed by atoms with E-state index in [0.717, 1.165) is 5.03 Å². The number of hydrogen-bond acceptors (Lipinski definition) is 8. The summed E-state index contributed by atoms with van der Waals surface area (Å²) in [7, 11) is 2.93. The number of carbonyl (C=O) groups excluding carboxylic acids is 1. The lowest BCUT2D eigenvalue weighted by atomic mass is 10.3. The predicted molar refractivity (Wildman–Crippen MR) is 89.8 cm³/mol. The molecule has 0 spiro atoms. The minimum Gasteiger partial charge on any atom is -0.433 e. The second-order valence-electron chi connectivity index (χ2n) is 4.07. The molecule has 1 heterocycles. The molecule has 2 aromatic rings. The van der Waals surface area contributed by atoms with Gasteiger partial charge < -0.3 is 20.9 Å². The largest absolute Gasteiger partial charge is 0.513 e. The zero-order valence-corrected chi connectivity index (χ0v) is 13.2. The third-order valence-electron chi connectivity index (χ3n) is 2.41. The van der Waals surface area contributed by atoms with Gasteiger partial charge in [0.05, 0.1) is 5.69 Å². The van der Waals surface area contributed by atoms with Crippen LogP contribution in [0.25, 0.3) is 0 Å². The Balaban J connectivity index is 1.63. The summed E-state index contributed by atoms with van der Waals surface area (Å²) in [6, 6.07) is 10.1. The Kier molecular flexibility index (Phi) is 6.23. The van der Waals surface area contributed by atoms with Crippen LogP contribution in [0.15, 0.2) is 47.6 Å². The van der Waals surface area contributed by atoms with Crippen LogP contribution >= 0.6 is 21.6 Å². The van der Waals surface area contributed by atoms with Crippen LogP contribution in [0.3, 0.4) is 0 Å². The highest BCUT2D eigenvalue weighted by molar-refractivity contribution is 8.76. The molecule has 0 bridgehead atoms. The number of carbonyl (C=O) groups is 1. The first kappa shape index (κ1) is 16.3. The summed E-state index contributed by atoms with van der Waals surface area (Å²) in [5, 5.41) is 0.747. The molecule has 0 fully saturated rings. The molecule has 2 rings (SSSR count). The molecule has 8 heteroatoms. The van der Waals surface area contributed by atoms with E-state index in [1.54, 1.807) is 42.6 Å². The monoisotopic (exact) mass is 337 g/mol. The van der Waals surface area contributed by atoms with Gasteiger partial charge in [-0.3, -0.25) is 0 Å². The first-order valence-electron chi connectivity index (χ1n) is 6.35. The molecule has 0 atom stereocenters. The number of ether oxygens (including phenoxy) is 2. The molecule has 6 nitrogen and oxygen atoms in total. The number of nitrogens with zero attached hydrogens (tertiary/aromatic N) is 1. The number of benzene rings is 1. The third kappa shape index (κ3) is 5.38. The number of nitrogen functional groups attached to an aromatic ring is 2. The van der Waals surface area contributed by atoms with E-state index in [1.807, 2.05) is 0 Å². The van der Waals surface area contributed by atoms with E-state index >= 15 is 0 Å². The molecule has 1 aromatic carbocycles. The number of pyridine rings is 1. The van der Waals surface area contributed by atoms with Crippen LogP contribution in [0.4, 0.5) is 16.2 Å². The Morgan fingerprint density at radius 3 is 2.68 bits per heavy atom. The Hall–Kier alpha value is -2.06. The number of aromatic nitrogens is 1. The summed E-state index contributed by atoms with van der Waals surface area (Å²) < 4.78 is 9.95. The first-order valence-corrected chi connectivity index (χ1v) is 8.67. The molecule has 22 heavy (non-hydrogen) atoms. The lowest BCUT2D eigenvalue weighted by Gasteiger charge is -2.06. The molecule has 0 amide bonds. The van der Waals surface area contributed by atoms with Crippen LogP contribution in [-0.4, -0.2) is 23.5 Å². The second-order valence-corrected chi connectivity index (χ2v) is 6.48. The van der Waals surface area contributed by atoms with E-state index in [0.29, 0.717) is 22.9 Å². The highest BCUT2D eigenvalue weighted by Crippen LogP contribution is 2.32. The standard InChI is InChI=1S/C14H15N3O3S2/c15-10-3-5-11(6-4-10)20-14(18)19-8-9-21-22-13-12(16)2-1-7-17-13/h1-7H,8-9,15-16H2. The maximum Gasteiger partial charge on any atom is 0.513 e. The fourth-order valence-corrected chi connectivity index (χ4v) is 3.21. The van der Waals surface area contributed by atoms with Crippen molar-refractivity contribution in [2.24, 2.45) is 0 Å². The number of hydrogen-bond donors (Lipinski definition) is 2. The first-order chi connectivity index (χ1) is 10.6. The number of anilines is 2. The van der Waals surface area contributed by atoms with Crippen LogP contribution in [0.2, 0.25) is 0 Å². The minimum absolute atomic E-state index is 0.234. The quantitative estimate of drug-likeness (QED) is 0.272. The Morgan fingerprint density at radius 1 is 1.18 bits per heavy atom. The van der Waals surface area contributed by atoms with Crippen molar-refractivity contribution in [1.29, 1.82) is 0 Å². The van der Waals surface area contributed by atoms with Gasteiger partial charge in [-0.25, -0.2) is 9.78 Å². The Labute approximate surface area is 136 Å². The van der Waals surface area contributed by atoms with Gasteiger partial charge in [-0.1, -0.05) is 10.8 Å². The molecule has 116 valence electrons. The van der Waals surface area contributed by atoms with Gasteiger partial charge in [0.15, 0.2) is 0 Å². The summed E-state index contributed by atoms with van der Waals surface area (Å²) in [5.74, 6) is 0.986. The fourth-order valence-electron chi connectivity index (χ4n) is 1.39. The van der Waals surface area contributed by atoms with E-state index < -0.39 is 6.16 Å². The highest BCUT2D eigenvalue weighted by atomic mass is 33.1. The fraction of sp³-hybridized carbons (Fsp3) is 0.143. The number of nitrogens with two attached hydrogens (primary N) is 2. The molecule has 0 aliphatic carbocycles. The lowest BCUT2D eigenvalue weighted by Crippen LogP contribution is -2.12. The molecule has 4 N–H and O–H groups in total. The van der Waals surface area contributed by atoms with Crippen molar-refractivity contribution in [3.8, 4) is 5.75 Å². The zero-order valence-electron chi connectivity index (χ0n) is 11.6. The van der Waals surface area contributed by atoms with Gasteiger partial charge in [0.1, 0.15) is 17.4 Å². The predicted octanol–water partition coefficient (Wildman–Crippen LogP) is 3.20. The summed E-state index contributed by atoms with van der Waals surface area (Å²) in [6.45, 7) is 0.234. The lowest BCUT2D eigenvalue weighted by molar-refractivity contribution is 0.105. The molecular formula is C14H15N3O3S2. The smallest absolute Gasteiger partial charge is 0.433 e.